The Morgan fingerprint density at radius 1 is 1.13 bits per heavy atom. The van der Waals surface area contributed by atoms with Gasteiger partial charge in [-0.15, -0.1) is 5.43 Å². The molecule has 0 aliphatic carbocycles. The number of carbonyl (C=O) groups is 1. The highest BCUT2D eigenvalue weighted by Gasteiger charge is 2.08. The fourth-order valence-corrected chi connectivity index (χ4v) is 1.16. The standard InChI is InChI=1S/C11H9N3O/c15-11(10-4-6-12-7-5-10)13-14-8-2-1-3-9-14/h1-9H/p+1. The number of carbonyl (C=O) groups excluding carboxylic acids is 1. The van der Waals surface area contributed by atoms with Crippen LogP contribution < -0.4 is 10.1 Å². The van der Waals surface area contributed by atoms with E-state index >= 15 is 0 Å². The van der Waals surface area contributed by atoms with Gasteiger partial charge in [-0.3, -0.25) is 9.78 Å². The van der Waals surface area contributed by atoms with E-state index in [9.17, 15) is 4.79 Å². The molecule has 0 saturated carbocycles. The molecule has 2 rings (SSSR count). The highest BCUT2D eigenvalue weighted by atomic mass is 16.2. The molecule has 2 aromatic rings. The first-order valence-electron chi connectivity index (χ1n) is 4.54. The van der Waals surface area contributed by atoms with E-state index < -0.39 is 0 Å². The SMILES string of the molecule is O=C(N[n+]1ccccc1)c1ccncc1. The van der Waals surface area contributed by atoms with Crippen LogP contribution in [-0.2, 0) is 0 Å². The zero-order valence-corrected chi connectivity index (χ0v) is 8.00. The molecule has 0 unspecified atom stereocenters. The van der Waals surface area contributed by atoms with Gasteiger partial charge in [-0.1, -0.05) is 10.7 Å². The average Bonchev–Trinajstić information content (AvgIpc) is 2.31. The van der Waals surface area contributed by atoms with Crippen LogP contribution in [0.15, 0.2) is 55.1 Å². The summed E-state index contributed by atoms with van der Waals surface area (Å²) in [5.74, 6) is -0.159. The fraction of sp³-hybridized carbons (Fsp3) is 0. The van der Waals surface area contributed by atoms with Gasteiger partial charge in [0, 0.05) is 30.1 Å². The summed E-state index contributed by atoms with van der Waals surface area (Å²) in [7, 11) is 0. The minimum atomic E-state index is -0.159. The van der Waals surface area contributed by atoms with Gasteiger partial charge in [-0.2, -0.15) is 0 Å². The third-order valence-electron chi connectivity index (χ3n) is 1.89. The van der Waals surface area contributed by atoms with Crippen LogP contribution in [0, 0.1) is 0 Å². The van der Waals surface area contributed by atoms with Crippen molar-refractivity contribution in [3.05, 3.63) is 60.7 Å². The van der Waals surface area contributed by atoms with Crippen LogP contribution >= 0.6 is 0 Å². The Bertz CT molecular complexity index is 442. The molecule has 0 aliphatic rings. The Morgan fingerprint density at radius 3 is 2.47 bits per heavy atom. The van der Waals surface area contributed by atoms with Crippen molar-refractivity contribution in [2.75, 3.05) is 5.43 Å². The Morgan fingerprint density at radius 2 is 1.80 bits per heavy atom. The Kier molecular flexibility index (Phi) is 2.69. The van der Waals surface area contributed by atoms with Crippen molar-refractivity contribution in [3.8, 4) is 0 Å². The summed E-state index contributed by atoms with van der Waals surface area (Å²) in [6.07, 6.45) is 6.70. The van der Waals surface area contributed by atoms with Gasteiger partial charge in [0.2, 0.25) is 0 Å². The molecule has 0 aromatic carbocycles. The van der Waals surface area contributed by atoms with E-state index in [1.165, 1.54) is 0 Å². The van der Waals surface area contributed by atoms with Crippen LogP contribution in [0.5, 0.6) is 0 Å². The van der Waals surface area contributed by atoms with Crippen LogP contribution in [0.25, 0.3) is 0 Å². The summed E-state index contributed by atoms with van der Waals surface area (Å²) in [6.45, 7) is 0. The first kappa shape index (κ1) is 9.33. The van der Waals surface area contributed by atoms with E-state index in [0.717, 1.165) is 0 Å². The largest absolute Gasteiger partial charge is 0.305 e. The molecule has 74 valence electrons. The van der Waals surface area contributed by atoms with E-state index in [-0.39, 0.29) is 5.91 Å². The van der Waals surface area contributed by atoms with Crippen LogP contribution in [-0.4, -0.2) is 10.9 Å². The molecule has 0 saturated heterocycles. The van der Waals surface area contributed by atoms with Crippen LogP contribution in [0.3, 0.4) is 0 Å². The zero-order valence-electron chi connectivity index (χ0n) is 8.00. The van der Waals surface area contributed by atoms with Gasteiger partial charge in [-0.25, -0.2) is 0 Å². The number of amides is 1. The summed E-state index contributed by atoms with van der Waals surface area (Å²) in [4.78, 5) is 15.5. The van der Waals surface area contributed by atoms with Gasteiger partial charge in [0.05, 0.1) is 0 Å². The quantitative estimate of drug-likeness (QED) is 0.727. The topological polar surface area (TPSA) is 45.9 Å². The van der Waals surface area contributed by atoms with Crippen LogP contribution in [0.1, 0.15) is 10.4 Å². The molecule has 4 heteroatoms. The molecule has 2 aromatic heterocycles. The molecule has 0 atom stereocenters. The van der Waals surface area contributed by atoms with Crippen molar-refractivity contribution in [1.29, 1.82) is 0 Å². The van der Waals surface area contributed by atoms with Crippen molar-refractivity contribution in [3.63, 3.8) is 0 Å². The Labute approximate surface area is 87.2 Å². The molecule has 0 bridgehead atoms. The van der Waals surface area contributed by atoms with E-state index in [1.54, 1.807) is 41.6 Å². The molecule has 0 aliphatic heterocycles. The van der Waals surface area contributed by atoms with Crippen LogP contribution in [0.2, 0.25) is 0 Å². The van der Waals surface area contributed by atoms with Crippen molar-refractivity contribution < 1.29 is 9.47 Å². The first-order chi connectivity index (χ1) is 7.36. The van der Waals surface area contributed by atoms with Crippen LogP contribution in [0.4, 0.5) is 0 Å². The van der Waals surface area contributed by atoms with Crippen molar-refractivity contribution >= 4 is 5.91 Å². The minimum Gasteiger partial charge on any atom is -0.265 e. The highest BCUT2D eigenvalue weighted by molar-refractivity contribution is 5.98. The summed E-state index contributed by atoms with van der Waals surface area (Å²) < 4.78 is 1.60. The lowest BCUT2D eigenvalue weighted by molar-refractivity contribution is -0.641. The lowest BCUT2D eigenvalue weighted by atomic mass is 10.3. The first-order valence-corrected chi connectivity index (χ1v) is 4.54. The van der Waals surface area contributed by atoms with Gasteiger partial charge in [0.15, 0.2) is 12.4 Å². The number of nitrogens with zero attached hydrogens (tertiary/aromatic N) is 2. The predicted molar refractivity (Wildman–Crippen MR) is 54.6 cm³/mol. The third-order valence-corrected chi connectivity index (χ3v) is 1.89. The Hall–Kier alpha value is -2.23. The van der Waals surface area contributed by atoms with Crippen molar-refractivity contribution in [1.82, 2.24) is 4.98 Å². The molecule has 0 spiro atoms. The van der Waals surface area contributed by atoms with E-state index in [1.807, 2.05) is 18.2 Å². The molecule has 0 fully saturated rings. The summed E-state index contributed by atoms with van der Waals surface area (Å²) >= 11 is 0. The molecule has 1 N–H and O–H groups in total. The maximum Gasteiger partial charge on any atom is 0.305 e. The van der Waals surface area contributed by atoms with Crippen molar-refractivity contribution in [2.45, 2.75) is 0 Å². The average molecular weight is 200 g/mol. The molecule has 4 nitrogen and oxygen atoms in total. The number of nitrogens with one attached hydrogen (secondary N) is 1. The predicted octanol–water partition coefficient (Wildman–Crippen LogP) is 0.753. The van der Waals surface area contributed by atoms with Gasteiger partial charge >= 0.3 is 5.91 Å². The maximum absolute atomic E-state index is 11.7. The zero-order chi connectivity index (χ0) is 10.5. The monoisotopic (exact) mass is 200 g/mol. The third kappa shape index (κ3) is 2.37. The lowest BCUT2D eigenvalue weighted by Gasteiger charge is -1.98. The van der Waals surface area contributed by atoms with E-state index in [2.05, 4.69) is 10.4 Å². The number of aromatic nitrogens is 2. The summed E-state index contributed by atoms with van der Waals surface area (Å²) in [5, 5.41) is 0. The fourth-order valence-electron chi connectivity index (χ4n) is 1.16. The maximum atomic E-state index is 11.7. The van der Waals surface area contributed by atoms with Gasteiger partial charge < -0.3 is 0 Å². The second kappa shape index (κ2) is 4.32. The minimum absolute atomic E-state index is 0.159. The normalized spacial score (nSPS) is 9.60. The molecule has 1 amide bonds. The number of rotatable bonds is 2. The number of hydrogen-bond donors (Lipinski definition) is 1. The molecular formula is C11H10N3O+. The van der Waals surface area contributed by atoms with Gasteiger partial charge in [0.1, 0.15) is 0 Å². The molecule has 2 heterocycles. The van der Waals surface area contributed by atoms with E-state index in [4.69, 9.17) is 0 Å². The molecular weight excluding hydrogens is 190 g/mol. The molecule has 15 heavy (non-hydrogen) atoms. The molecule has 0 radical (unpaired) electrons. The number of hydrogen-bond acceptors (Lipinski definition) is 2. The van der Waals surface area contributed by atoms with E-state index in [0.29, 0.717) is 5.56 Å². The number of pyridine rings is 2. The second-order valence-electron chi connectivity index (χ2n) is 2.96. The van der Waals surface area contributed by atoms with Crippen molar-refractivity contribution in [2.24, 2.45) is 0 Å². The Balaban J connectivity index is 2.12. The summed E-state index contributed by atoms with van der Waals surface area (Å²) in [6, 6.07) is 8.90. The van der Waals surface area contributed by atoms with Gasteiger partial charge in [0.25, 0.3) is 0 Å². The highest BCUT2D eigenvalue weighted by Crippen LogP contribution is 1.94. The van der Waals surface area contributed by atoms with Gasteiger partial charge in [-0.05, 0) is 12.1 Å². The second-order valence-corrected chi connectivity index (χ2v) is 2.96. The smallest absolute Gasteiger partial charge is 0.265 e. The lowest BCUT2D eigenvalue weighted by Crippen LogP contribution is -2.47. The summed E-state index contributed by atoms with van der Waals surface area (Å²) in [5.41, 5.74) is 3.29.